The number of carbonyl (C=O) groups excluding carboxylic acids is 1. The summed E-state index contributed by atoms with van der Waals surface area (Å²) in [6.45, 7) is 0. The van der Waals surface area contributed by atoms with Crippen molar-refractivity contribution in [2.75, 3.05) is 5.73 Å². The third-order valence-corrected chi connectivity index (χ3v) is 5.42. The molecule has 102 valence electrons. The summed E-state index contributed by atoms with van der Waals surface area (Å²) in [5.41, 5.74) is 5.32. The Labute approximate surface area is 111 Å². The fourth-order valence-corrected chi connectivity index (χ4v) is 5.12. The van der Waals surface area contributed by atoms with Crippen molar-refractivity contribution < 1.29 is 9.21 Å². The number of nitrogens with two attached hydrogens (primary N) is 1. The lowest BCUT2D eigenvalue weighted by atomic mass is 9.48. The second kappa shape index (κ2) is 3.81. The Morgan fingerprint density at radius 3 is 2.21 bits per heavy atom. The zero-order valence-electron chi connectivity index (χ0n) is 11.0. The molecule has 4 fully saturated rings. The van der Waals surface area contributed by atoms with Gasteiger partial charge < -0.3 is 10.2 Å². The molecule has 0 saturated heterocycles. The summed E-state index contributed by atoms with van der Waals surface area (Å²) in [7, 11) is 0. The van der Waals surface area contributed by atoms with Gasteiger partial charge in [0, 0.05) is 5.41 Å². The highest BCUT2D eigenvalue weighted by Crippen LogP contribution is 2.60. The van der Waals surface area contributed by atoms with Gasteiger partial charge in [-0.25, -0.2) is 0 Å². The van der Waals surface area contributed by atoms with Gasteiger partial charge in [-0.15, -0.1) is 5.10 Å². The van der Waals surface area contributed by atoms with Gasteiger partial charge in [-0.1, -0.05) is 5.10 Å². The molecule has 5 heteroatoms. The van der Waals surface area contributed by atoms with Gasteiger partial charge in [0.1, 0.15) is 5.78 Å². The predicted molar refractivity (Wildman–Crippen MR) is 68.0 cm³/mol. The van der Waals surface area contributed by atoms with E-state index in [0.717, 1.165) is 37.0 Å². The maximum atomic E-state index is 12.7. The first-order valence-corrected chi connectivity index (χ1v) is 7.24. The number of carbonyl (C=O) groups is 1. The van der Waals surface area contributed by atoms with E-state index in [1.807, 2.05) is 0 Å². The van der Waals surface area contributed by atoms with Crippen LogP contribution < -0.4 is 5.73 Å². The molecule has 4 saturated carbocycles. The van der Waals surface area contributed by atoms with Crippen LogP contribution in [0.15, 0.2) is 4.42 Å². The molecule has 0 radical (unpaired) electrons. The number of hydrogen-bond acceptors (Lipinski definition) is 5. The Balaban J connectivity index is 1.56. The van der Waals surface area contributed by atoms with E-state index in [9.17, 15) is 4.79 Å². The molecule has 0 amide bonds. The molecular formula is C14H19N3O2. The molecular weight excluding hydrogens is 242 g/mol. The van der Waals surface area contributed by atoms with Crippen molar-refractivity contribution in [3.8, 4) is 0 Å². The third kappa shape index (κ3) is 1.78. The van der Waals surface area contributed by atoms with E-state index in [-0.39, 0.29) is 17.9 Å². The van der Waals surface area contributed by atoms with E-state index in [1.54, 1.807) is 0 Å². The monoisotopic (exact) mass is 261 g/mol. The normalized spacial score (nSPS) is 39.7. The van der Waals surface area contributed by atoms with E-state index >= 15 is 0 Å². The number of hydrogen-bond donors (Lipinski definition) is 1. The van der Waals surface area contributed by atoms with Crippen molar-refractivity contribution in [2.45, 2.75) is 44.9 Å². The fourth-order valence-electron chi connectivity index (χ4n) is 5.12. The van der Waals surface area contributed by atoms with E-state index in [4.69, 9.17) is 10.2 Å². The maximum Gasteiger partial charge on any atom is 0.312 e. The SMILES string of the molecule is Nc1nnc(CC(=O)C23CC4CC(CC(C4)C2)C3)o1. The van der Waals surface area contributed by atoms with Crippen LogP contribution in [0.4, 0.5) is 6.01 Å². The number of ketones is 1. The second-order valence-electron chi connectivity index (χ2n) is 6.83. The lowest BCUT2D eigenvalue weighted by Crippen LogP contribution is -2.50. The Bertz CT molecular complexity index is 487. The number of Topliss-reactive ketones (excluding diaryl/α,β-unsaturated/α-hetero) is 1. The quantitative estimate of drug-likeness (QED) is 0.899. The average Bonchev–Trinajstić information content (AvgIpc) is 2.73. The van der Waals surface area contributed by atoms with Gasteiger partial charge in [-0.05, 0) is 56.3 Å². The van der Waals surface area contributed by atoms with Crippen LogP contribution in [0.25, 0.3) is 0 Å². The van der Waals surface area contributed by atoms with Crippen LogP contribution >= 0.6 is 0 Å². The lowest BCUT2D eigenvalue weighted by molar-refractivity contribution is -0.143. The van der Waals surface area contributed by atoms with Crippen LogP contribution in [0.5, 0.6) is 0 Å². The highest BCUT2D eigenvalue weighted by Gasteiger charge is 2.54. The van der Waals surface area contributed by atoms with Crippen molar-refractivity contribution >= 4 is 11.8 Å². The number of rotatable bonds is 3. The molecule has 0 spiro atoms. The summed E-state index contributed by atoms with van der Waals surface area (Å²) in [4.78, 5) is 12.7. The van der Waals surface area contributed by atoms with Gasteiger partial charge in [-0.2, -0.15) is 0 Å². The zero-order valence-corrected chi connectivity index (χ0v) is 11.0. The summed E-state index contributed by atoms with van der Waals surface area (Å²) in [5.74, 6) is 3.02. The number of nitrogens with zero attached hydrogens (tertiary/aromatic N) is 2. The average molecular weight is 261 g/mol. The first kappa shape index (κ1) is 11.4. The van der Waals surface area contributed by atoms with Crippen LogP contribution in [0.1, 0.15) is 44.4 Å². The number of nitrogen functional groups attached to an aromatic ring is 1. The highest BCUT2D eigenvalue weighted by molar-refractivity contribution is 5.86. The van der Waals surface area contributed by atoms with E-state index in [1.165, 1.54) is 19.3 Å². The van der Waals surface area contributed by atoms with Crippen LogP contribution in [0, 0.1) is 23.2 Å². The van der Waals surface area contributed by atoms with E-state index in [2.05, 4.69) is 10.2 Å². The molecule has 4 aliphatic rings. The topological polar surface area (TPSA) is 82.0 Å². The molecule has 2 N–H and O–H groups in total. The van der Waals surface area contributed by atoms with Gasteiger partial charge in [0.2, 0.25) is 5.89 Å². The van der Waals surface area contributed by atoms with Gasteiger partial charge >= 0.3 is 6.01 Å². The molecule has 1 aromatic heterocycles. The molecule has 4 bridgehead atoms. The Hall–Kier alpha value is -1.39. The molecule has 5 nitrogen and oxygen atoms in total. The second-order valence-corrected chi connectivity index (χ2v) is 6.83. The lowest BCUT2D eigenvalue weighted by Gasteiger charge is -2.55. The molecule has 1 aromatic rings. The number of anilines is 1. The molecule has 1 heterocycles. The van der Waals surface area contributed by atoms with Gasteiger partial charge in [0.25, 0.3) is 0 Å². The van der Waals surface area contributed by atoms with Crippen LogP contribution in [-0.2, 0) is 11.2 Å². The minimum absolute atomic E-state index is 0.0494. The minimum atomic E-state index is -0.0853. The van der Waals surface area contributed by atoms with E-state index < -0.39 is 0 Å². The molecule has 0 aliphatic heterocycles. The Morgan fingerprint density at radius 1 is 1.16 bits per heavy atom. The molecule has 0 aromatic carbocycles. The van der Waals surface area contributed by atoms with Crippen molar-refractivity contribution in [3.63, 3.8) is 0 Å². The van der Waals surface area contributed by atoms with E-state index in [0.29, 0.717) is 11.7 Å². The van der Waals surface area contributed by atoms with Crippen LogP contribution in [-0.4, -0.2) is 16.0 Å². The molecule has 0 atom stereocenters. The Kier molecular flexibility index (Phi) is 2.29. The van der Waals surface area contributed by atoms with Crippen molar-refractivity contribution in [1.29, 1.82) is 0 Å². The molecule has 5 rings (SSSR count). The van der Waals surface area contributed by atoms with Crippen LogP contribution in [0.2, 0.25) is 0 Å². The zero-order chi connectivity index (χ0) is 13.0. The molecule has 4 aliphatic carbocycles. The van der Waals surface area contributed by atoms with Crippen molar-refractivity contribution in [1.82, 2.24) is 10.2 Å². The first-order chi connectivity index (χ1) is 9.13. The molecule has 0 unspecified atom stereocenters. The summed E-state index contributed by atoms with van der Waals surface area (Å²) in [6, 6.07) is 0.0494. The Morgan fingerprint density at radius 2 is 1.74 bits per heavy atom. The summed E-state index contributed by atoms with van der Waals surface area (Å²) in [5, 5.41) is 7.45. The maximum absolute atomic E-state index is 12.7. The largest absolute Gasteiger partial charge is 0.408 e. The molecule has 19 heavy (non-hydrogen) atoms. The first-order valence-electron chi connectivity index (χ1n) is 7.24. The smallest absolute Gasteiger partial charge is 0.312 e. The van der Waals surface area contributed by atoms with Crippen molar-refractivity contribution in [2.24, 2.45) is 23.2 Å². The summed E-state index contributed by atoms with van der Waals surface area (Å²) < 4.78 is 5.15. The standard InChI is InChI=1S/C14H19N3O2/c15-13-17-16-12(19-13)4-11(18)14-5-8-1-9(6-14)3-10(2-8)7-14/h8-10H,1-7H2,(H2,15,17). The summed E-state index contributed by atoms with van der Waals surface area (Å²) >= 11 is 0. The summed E-state index contributed by atoms with van der Waals surface area (Å²) in [6.07, 6.45) is 7.56. The van der Waals surface area contributed by atoms with Crippen molar-refractivity contribution in [3.05, 3.63) is 5.89 Å². The number of aromatic nitrogens is 2. The van der Waals surface area contributed by atoms with Gasteiger partial charge in [-0.3, -0.25) is 4.79 Å². The third-order valence-electron chi connectivity index (χ3n) is 5.42. The van der Waals surface area contributed by atoms with Crippen LogP contribution in [0.3, 0.4) is 0 Å². The highest BCUT2D eigenvalue weighted by atomic mass is 16.4. The predicted octanol–water partition coefficient (Wildman–Crippen LogP) is 1.98. The van der Waals surface area contributed by atoms with Gasteiger partial charge in [0.15, 0.2) is 0 Å². The fraction of sp³-hybridized carbons (Fsp3) is 0.786. The minimum Gasteiger partial charge on any atom is -0.408 e. The van der Waals surface area contributed by atoms with Gasteiger partial charge in [0.05, 0.1) is 6.42 Å².